The van der Waals surface area contributed by atoms with E-state index in [0.29, 0.717) is 23.7 Å². The van der Waals surface area contributed by atoms with Crippen molar-refractivity contribution < 1.29 is 0 Å². The first-order valence-corrected chi connectivity index (χ1v) is 12.6. The van der Waals surface area contributed by atoms with Gasteiger partial charge in [0.1, 0.15) is 11.6 Å². The number of pyridine rings is 2. The Balaban J connectivity index is 1.11. The lowest BCUT2D eigenvalue weighted by molar-refractivity contribution is -0.00875. The summed E-state index contributed by atoms with van der Waals surface area (Å²) in [6.45, 7) is 9.05. The number of nitrogens with one attached hydrogen (secondary N) is 2. The standard InChI is InChI=1S/C27H31N9/c1-4-21-7-5-19(12-28-21)14-36-22-11-23(36)16-35(15-22)26-8-6-20(13-29-26)27-30-17(2)9-24(32-27)31-25-10-18(3)33-34-25/h5-10,12-13,22-23H,4,11,14-16H2,1-3H3,(H2,30,31,32,33,34). The highest BCUT2D eigenvalue weighted by atomic mass is 15.4. The van der Waals surface area contributed by atoms with Crippen molar-refractivity contribution in [2.45, 2.75) is 52.2 Å². The van der Waals surface area contributed by atoms with Crippen LogP contribution < -0.4 is 10.2 Å². The van der Waals surface area contributed by atoms with Crippen LogP contribution in [0.15, 0.2) is 48.8 Å². The Hall–Kier alpha value is -3.85. The molecule has 4 aromatic rings. The van der Waals surface area contributed by atoms with Gasteiger partial charge in [-0.3, -0.25) is 15.0 Å². The molecule has 36 heavy (non-hydrogen) atoms. The van der Waals surface area contributed by atoms with E-state index < -0.39 is 0 Å². The van der Waals surface area contributed by atoms with Crippen molar-refractivity contribution in [1.82, 2.24) is 35.0 Å². The smallest absolute Gasteiger partial charge is 0.163 e. The fourth-order valence-corrected chi connectivity index (χ4v) is 5.18. The van der Waals surface area contributed by atoms with E-state index in [4.69, 9.17) is 4.98 Å². The molecule has 7 heterocycles. The predicted molar refractivity (Wildman–Crippen MR) is 140 cm³/mol. The van der Waals surface area contributed by atoms with Gasteiger partial charge in [-0.1, -0.05) is 13.0 Å². The summed E-state index contributed by atoms with van der Waals surface area (Å²) in [7, 11) is 0. The third-order valence-corrected chi connectivity index (χ3v) is 7.10. The molecule has 9 nitrogen and oxygen atoms in total. The SMILES string of the molecule is CCc1ccc(CN2C3CC2CN(c2ccc(-c4nc(C)cc(Nc5cc(C)[nH]n5)n4)cn2)C3)cn1. The lowest BCUT2D eigenvalue weighted by atomic mass is 9.87. The highest BCUT2D eigenvalue weighted by molar-refractivity contribution is 5.61. The average Bonchev–Trinajstić information content (AvgIpc) is 3.31. The zero-order valence-electron chi connectivity index (χ0n) is 20.9. The molecule has 0 radical (unpaired) electrons. The second-order valence-electron chi connectivity index (χ2n) is 9.82. The third-order valence-electron chi connectivity index (χ3n) is 7.10. The van der Waals surface area contributed by atoms with Crippen molar-refractivity contribution in [2.24, 2.45) is 0 Å². The molecule has 7 rings (SSSR count). The van der Waals surface area contributed by atoms with Gasteiger partial charge in [0, 0.05) is 78.9 Å². The van der Waals surface area contributed by atoms with Gasteiger partial charge < -0.3 is 10.2 Å². The Morgan fingerprint density at radius 2 is 1.83 bits per heavy atom. The molecule has 0 aliphatic carbocycles. The van der Waals surface area contributed by atoms with Crippen molar-refractivity contribution in [2.75, 3.05) is 23.3 Å². The lowest BCUT2D eigenvalue weighted by Gasteiger charge is -2.56. The number of hydrogen-bond acceptors (Lipinski definition) is 8. The number of fused-ring (bicyclic) bond motifs is 2. The number of piperazine rings is 1. The molecular formula is C27H31N9. The Morgan fingerprint density at radius 1 is 0.972 bits per heavy atom. The number of H-pyrrole nitrogens is 1. The van der Waals surface area contributed by atoms with Gasteiger partial charge in [0.05, 0.1) is 0 Å². The number of aryl methyl sites for hydroxylation is 3. The molecule has 3 aliphatic heterocycles. The topological polar surface area (TPSA) is 98.8 Å². The first-order chi connectivity index (χ1) is 17.5. The number of aromatic amines is 1. The summed E-state index contributed by atoms with van der Waals surface area (Å²) in [5.74, 6) is 3.11. The highest BCUT2D eigenvalue weighted by Crippen LogP contribution is 2.35. The maximum atomic E-state index is 4.79. The quantitative estimate of drug-likeness (QED) is 0.408. The van der Waals surface area contributed by atoms with Gasteiger partial charge in [0.15, 0.2) is 11.6 Å². The number of hydrogen-bond donors (Lipinski definition) is 2. The Morgan fingerprint density at radius 3 is 2.50 bits per heavy atom. The van der Waals surface area contributed by atoms with E-state index in [-0.39, 0.29) is 0 Å². The zero-order valence-corrected chi connectivity index (χ0v) is 20.9. The summed E-state index contributed by atoms with van der Waals surface area (Å²) >= 11 is 0. The minimum atomic E-state index is 0.565. The van der Waals surface area contributed by atoms with Gasteiger partial charge in [-0.2, -0.15) is 5.10 Å². The monoisotopic (exact) mass is 481 g/mol. The Kier molecular flexibility index (Phi) is 5.85. The van der Waals surface area contributed by atoms with Crippen molar-refractivity contribution in [3.05, 3.63) is 71.4 Å². The molecular weight excluding hydrogens is 450 g/mol. The van der Waals surface area contributed by atoms with E-state index in [1.165, 1.54) is 12.0 Å². The van der Waals surface area contributed by atoms with Gasteiger partial charge in [-0.05, 0) is 50.5 Å². The number of piperidine rings is 1. The van der Waals surface area contributed by atoms with Gasteiger partial charge in [-0.15, -0.1) is 0 Å². The van der Waals surface area contributed by atoms with Gasteiger partial charge in [0.2, 0.25) is 0 Å². The second kappa shape index (κ2) is 9.31. The molecule has 0 spiro atoms. The van der Waals surface area contributed by atoms with E-state index in [2.05, 4.69) is 71.5 Å². The molecule has 0 amide bonds. The molecule has 3 saturated heterocycles. The molecule has 2 bridgehead atoms. The van der Waals surface area contributed by atoms with Crippen LogP contribution >= 0.6 is 0 Å². The molecule has 9 heteroatoms. The first kappa shape index (κ1) is 22.6. The summed E-state index contributed by atoms with van der Waals surface area (Å²) in [5, 5.41) is 10.4. The lowest BCUT2D eigenvalue weighted by Crippen LogP contribution is -2.68. The Labute approximate surface area is 211 Å². The maximum Gasteiger partial charge on any atom is 0.163 e. The van der Waals surface area contributed by atoms with Crippen molar-refractivity contribution in [3.63, 3.8) is 0 Å². The molecule has 184 valence electrons. The molecule has 2 N–H and O–H groups in total. The summed E-state index contributed by atoms with van der Waals surface area (Å²) in [5.41, 5.74) is 5.22. The van der Waals surface area contributed by atoms with Crippen LogP contribution in [0.2, 0.25) is 0 Å². The van der Waals surface area contributed by atoms with E-state index in [1.54, 1.807) is 0 Å². The van der Waals surface area contributed by atoms with Crippen molar-refractivity contribution >= 4 is 17.5 Å². The first-order valence-electron chi connectivity index (χ1n) is 12.6. The van der Waals surface area contributed by atoms with Crippen LogP contribution in [0.25, 0.3) is 11.4 Å². The zero-order chi connectivity index (χ0) is 24.6. The van der Waals surface area contributed by atoms with Crippen LogP contribution in [-0.2, 0) is 13.0 Å². The minimum Gasteiger partial charge on any atom is -0.353 e. The van der Waals surface area contributed by atoms with E-state index in [1.807, 2.05) is 38.4 Å². The van der Waals surface area contributed by atoms with Crippen molar-refractivity contribution in [3.8, 4) is 11.4 Å². The maximum absolute atomic E-state index is 4.79. The van der Waals surface area contributed by atoms with Crippen LogP contribution in [0, 0.1) is 13.8 Å². The molecule has 2 unspecified atom stereocenters. The summed E-state index contributed by atoms with van der Waals surface area (Å²) < 4.78 is 0. The van der Waals surface area contributed by atoms with E-state index in [0.717, 1.165) is 60.3 Å². The Bertz CT molecular complexity index is 1330. The predicted octanol–water partition coefficient (Wildman–Crippen LogP) is 4.04. The summed E-state index contributed by atoms with van der Waals surface area (Å²) in [6, 6.07) is 13.5. The largest absolute Gasteiger partial charge is 0.353 e. The van der Waals surface area contributed by atoms with Crippen LogP contribution in [-0.4, -0.2) is 60.2 Å². The number of rotatable bonds is 7. The number of anilines is 3. The van der Waals surface area contributed by atoms with Gasteiger partial charge in [0.25, 0.3) is 0 Å². The van der Waals surface area contributed by atoms with Crippen LogP contribution in [0.5, 0.6) is 0 Å². The van der Waals surface area contributed by atoms with Gasteiger partial charge in [-0.25, -0.2) is 15.0 Å². The number of aromatic nitrogens is 6. The van der Waals surface area contributed by atoms with Crippen molar-refractivity contribution in [1.29, 1.82) is 0 Å². The fraction of sp³-hybridized carbons (Fsp3) is 0.370. The van der Waals surface area contributed by atoms with E-state index in [9.17, 15) is 0 Å². The molecule has 3 fully saturated rings. The average molecular weight is 482 g/mol. The summed E-state index contributed by atoms with van der Waals surface area (Å²) in [6.07, 6.45) is 6.16. The molecule has 3 aliphatic rings. The summed E-state index contributed by atoms with van der Waals surface area (Å²) in [4.78, 5) is 23.7. The second-order valence-corrected chi connectivity index (χ2v) is 9.82. The van der Waals surface area contributed by atoms with E-state index >= 15 is 0 Å². The van der Waals surface area contributed by atoms with Crippen LogP contribution in [0.1, 0.15) is 36.0 Å². The van der Waals surface area contributed by atoms with Crippen LogP contribution in [0.4, 0.5) is 17.5 Å². The van der Waals surface area contributed by atoms with Gasteiger partial charge >= 0.3 is 0 Å². The third kappa shape index (κ3) is 4.54. The minimum absolute atomic E-state index is 0.565. The molecule has 0 saturated carbocycles. The highest BCUT2D eigenvalue weighted by Gasteiger charge is 2.44. The molecule has 2 atom stereocenters. The van der Waals surface area contributed by atoms with Crippen LogP contribution in [0.3, 0.4) is 0 Å². The molecule has 4 aromatic heterocycles. The number of nitrogens with zero attached hydrogens (tertiary/aromatic N) is 7. The molecule has 0 aromatic carbocycles. The normalized spacial score (nSPS) is 19.2. The fourth-order valence-electron chi connectivity index (χ4n) is 5.18.